The molecule has 1 saturated carbocycles. The van der Waals surface area contributed by atoms with Gasteiger partial charge in [-0.1, -0.05) is 34.1 Å². The van der Waals surface area contributed by atoms with Crippen molar-refractivity contribution in [2.45, 2.75) is 53.4 Å². The molecule has 0 bridgehead atoms. The van der Waals surface area contributed by atoms with E-state index < -0.39 is 0 Å². The summed E-state index contributed by atoms with van der Waals surface area (Å²) in [7, 11) is 0. The van der Waals surface area contributed by atoms with Gasteiger partial charge in [-0.25, -0.2) is 0 Å². The molecule has 1 fully saturated rings. The van der Waals surface area contributed by atoms with Crippen molar-refractivity contribution < 1.29 is 0 Å². The fraction of sp³-hybridized carbons (Fsp3) is 1.00. The van der Waals surface area contributed by atoms with Crippen molar-refractivity contribution in [1.29, 1.82) is 0 Å². The molecule has 0 amide bonds. The highest BCUT2D eigenvalue weighted by Crippen LogP contribution is 2.42. The normalized spacial score (nSPS) is 30.8. The molecule has 12 heavy (non-hydrogen) atoms. The lowest BCUT2D eigenvalue weighted by Gasteiger charge is -2.13. The lowest BCUT2D eigenvalue weighted by molar-refractivity contribution is 0.394. The maximum absolute atomic E-state index is 2.41. The summed E-state index contributed by atoms with van der Waals surface area (Å²) in [6.07, 6.45) is 5.89. The third-order valence-electron chi connectivity index (χ3n) is 3.18. The monoisotopic (exact) mass is 168 g/mol. The summed E-state index contributed by atoms with van der Waals surface area (Å²) in [4.78, 5) is 0. The van der Waals surface area contributed by atoms with Crippen LogP contribution in [-0.4, -0.2) is 0 Å². The van der Waals surface area contributed by atoms with Crippen LogP contribution in [0.25, 0.3) is 0 Å². The van der Waals surface area contributed by atoms with Gasteiger partial charge in [0.15, 0.2) is 0 Å². The topological polar surface area (TPSA) is 0 Å². The minimum absolute atomic E-state index is 0.886. The van der Waals surface area contributed by atoms with Gasteiger partial charge < -0.3 is 0 Å². The van der Waals surface area contributed by atoms with E-state index in [2.05, 4.69) is 27.7 Å². The molecule has 1 rings (SSSR count). The van der Waals surface area contributed by atoms with Gasteiger partial charge >= 0.3 is 0 Å². The first-order valence-electron chi connectivity index (χ1n) is 5.59. The van der Waals surface area contributed by atoms with Crippen LogP contribution in [0.15, 0.2) is 0 Å². The van der Waals surface area contributed by atoms with Crippen LogP contribution in [0.2, 0.25) is 0 Å². The van der Waals surface area contributed by atoms with Gasteiger partial charge in [-0.3, -0.25) is 0 Å². The summed E-state index contributed by atoms with van der Waals surface area (Å²) in [5.41, 5.74) is 0. The molecule has 1 aliphatic carbocycles. The van der Waals surface area contributed by atoms with Crippen molar-refractivity contribution in [3.05, 3.63) is 0 Å². The molecule has 0 N–H and O–H groups in total. The Bertz CT molecular complexity index is 126. The molecule has 3 atom stereocenters. The standard InChI is InChI=1S/C12H24/c1-9(2)7-10(3)5-6-12-8-11(12)4/h9-12H,5-8H2,1-4H3. The van der Waals surface area contributed by atoms with Crippen LogP contribution in [0.3, 0.4) is 0 Å². The SMILES string of the molecule is CC(C)CC(C)CCC1CC1C. The number of hydrogen-bond donors (Lipinski definition) is 0. The summed E-state index contributed by atoms with van der Waals surface area (Å²) in [6.45, 7) is 9.46. The molecular weight excluding hydrogens is 144 g/mol. The zero-order chi connectivity index (χ0) is 9.14. The predicted molar refractivity (Wildman–Crippen MR) is 55.1 cm³/mol. The molecule has 1 aliphatic rings. The van der Waals surface area contributed by atoms with Crippen LogP contribution in [0, 0.1) is 23.7 Å². The summed E-state index contributed by atoms with van der Waals surface area (Å²) in [5, 5.41) is 0. The molecule has 0 saturated heterocycles. The van der Waals surface area contributed by atoms with Crippen molar-refractivity contribution >= 4 is 0 Å². The lowest BCUT2D eigenvalue weighted by Crippen LogP contribution is -2.00. The Morgan fingerprint density at radius 3 is 2.25 bits per heavy atom. The average Bonchev–Trinajstić information content (AvgIpc) is 2.61. The van der Waals surface area contributed by atoms with E-state index >= 15 is 0 Å². The third-order valence-corrected chi connectivity index (χ3v) is 3.18. The molecule has 3 unspecified atom stereocenters. The Labute approximate surface area is 77.7 Å². The predicted octanol–water partition coefficient (Wildman–Crippen LogP) is 4.10. The highest BCUT2D eigenvalue weighted by Gasteiger charge is 2.31. The van der Waals surface area contributed by atoms with Gasteiger partial charge in [-0.2, -0.15) is 0 Å². The molecule has 0 aromatic heterocycles. The van der Waals surface area contributed by atoms with Gasteiger partial charge in [0.1, 0.15) is 0 Å². The second-order valence-corrected chi connectivity index (χ2v) is 5.29. The molecule has 0 aromatic rings. The minimum atomic E-state index is 0.886. The van der Waals surface area contributed by atoms with Gasteiger partial charge in [0, 0.05) is 0 Å². The molecule has 0 aromatic carbocycles. The Balaban J connectivity index is 1.98. The van der Waals surface area contributed by atoms with Gasteiger partial charge in [0.05, 0.1) is 0 Å². The van der Waals surface area contributed by atoms with Crippen LogP contribution >= 0.6 is 0 Å². The third kappa shape index (κ3) is 3.60. The van der Waals surface area contributed by atoms with E-state index in [0.717, 1.165) is 23.7 Å². The molecule has 0 radical (unpaired) electrons. The first-order chi connectivity index (χ1) is 5.59. The van der Waals surface area contributed by atoms with Crippen molar-refractivity contribution in [2.24, 2.45) is 23.7 Å². The van der Waals surface area contributed by atoms with Gasteiger partial charge in [0.2, 0.25) is 0 Å². The highest BCUT2D eigenvalue weighted by molar-refractivity contribution is 4.82. The number of rotatable bonds is 5. The molecular formula is C12H24. The van der Waals surface area contributed by atoms with E-state index in [-0.39, 0.29) is 0 Å². The second-order valence-electron chi connectivity index (χ2n) is 5.29. The van der Waals surface area contributed by atoms with E-state index in [1.807, 2.05) is 0 Å². The van der Waals surface area contributed by atoms with Crippen molar-refractivity contribution in [3.8, 4) is 0 Å². The fourth-order valence-corrected chi connectivity index (χ4v) is 2.22. The summed E-state index contributed by atoms with van der Waals surface area (Å²) in [5.74, 6) is 3.99. The van der Waals surface area contributed by atoms with Crippen LogP contribution in [0.5, 0.6) is 0 Å². The Morgan fingerprint density at radius 1 is 1.25 bits per heavy atom. The first-order valence-corrected chi connectivity index (χ1v) is 5.59. The van der Waals surface area contributed by atoms with Gasteiger partial charge in [-0.15, -0.1) is 0 Å². The van der Waals surface area contributed by atoms with E-state index in [0.29, 0.717) is 0 Å². The second kappa shape index (κ2) is 4.30. The zero-order valence-corrected chi connectivity index (χ0v) is 9.14. The quantitative estimate of drug-likeness (QED) is 0.579. The molecule has 0 spiro atoms. The largest absolute Gasteiger partial charge is 0.0628 e. The van der Waals surface area contributed by atoms with Gasteiger partial charge in [0.25, 0.3) is 0 Å². The van der Waals surface area contributed by atoms with Crippen LogP contribution in [-0.2, 0) is 0 Å². The highest BCUT2D eigenvalue weighted by atomic mass is 14.4. The zero-order valence-electron chi connectivity index (χ0n) is 9.14. The molecule has 0 nitrogen and oxygen atoms in total. The van der Waals surface area contributed by atoms with E-state index in [4.69, 9.17) is 0 Å². The maximum atomic E-state index is 2.41. The van der Waals surface area contributed by atoms with Crippen LogP contribution in [0.4, 0.5) is 0 Å². The van der Waals surface area contributed by atoms with Crippen molar-refractivity contribution in [1.82, 2.24) is 0 Å². The first kappa shape index (κ1) is 10.1. The summed E-state index contributed by atoms with van der Waals surface area (Å²) in [6, 6.07) is 0. The fourth-order valence-electron chi connectivity index (χ4n) is 2.22. The van der Waals surface area contributed by atoms with Gasteiger partial charge in [-0.05, 0) is 42.9 Å². The van der Waals surface area contributed by atoms with Crippen LogP contribution < -0.4 is 0 Å². The minimum Gasteiger partial charge on any atom is -0.0628 e. The van der Waals surface area contributed by atoms with E-state index in [1.165, 1.54) is 25.7 Å². The molecule has 72 valence electrons. The smallest absolute Gasteiger partial charge is 0.0386 e. The lowest BCUT2D eigenvalue weighted by atomic mass is 9.93. The van der Waals surface area contributed by atoms with E-state index in [9.17, 15) is 0 Å². The summed E-state index contributed by atoms with van der Waals surface area (Å²) >= 11 is 0. The Morgan fingerprint density at radius 2 is 1.83 bits per heavy atom. The maximum Gasteiger partial charge on any atom is -0.0386 e. The average molecular weight is 168 g/mol. The molecule has 0 heteroatoms. The van der Waals surface area contributed by atoms with Crippen molar-refractivity contribution in [3.63, 3.8) is 0 Å². The molecule has 0 aliphatic heterocycles. The van der Waals surface area contributed by atoms with Crippen molar-refractivity contribution in [2.75, 3.05) is 0 Å². The Hall–Kier alpha value is 0. The van der Waals surface area contributed by atoms with E-state index in [1.54, 1.807) is 0 Å². The Kier molecular flexibility index (Phi) is 3.61. The number of hydrogen-bond acceptors (Lipinski definition) is 0. The van der Waals surface area contributed by atoms with Crippen LogP contribution in [0.1, 0.15) is 53.4 Å². The summed E-state index contributed by atoms with van der Waals surface area (Å²) < 4.78 is 0. The molecule has 0 heterocycles.